The van der Waals surface area contributed by atoms with Crippen LogP contribution in [0.1, 0.15) is 56.2 Å². The summed E-state index contributed by atoms with van der Waals surface area (Å²) in [5.74, 6) is 0. The molecule has 0 bridgehead atoms. The van der Waals surface area contributed by atoms with Gasteiger partial charge in [-0.3, -0.25) is 0 Å². The molecule has 0 heterocycles. The number of unbranched alkanes of at least 4 members (excludes halogenated alkanes) is 1. The van der Waals surface area contributed by atoms with Crippen molar-refractivity contribution in [1.29, 1.82) is 0 Å². The molecule has 0 amide bonds. The summed E-state index contributed by atoms with van der Waals surface area (Å²) in [6.45, 7) is 22.8. The van der Waals surface area contributed by atoms with Crippen LogP contribution in [0.15, 0.2) is 114 Å². The van der Waals surface area contributed by atoms with Crippen LogP contribution in [-0.2, 0) is 34.1 Å². The first kappa shape index (κ1) is 40.9. The number of aryl methyl sites for hydroxylation is 1. The van der Waals surface area contributed by atoms with Crippen molar-refractivity contribution in [2.45, 2.75) is 98.6 Å². The van der Waals surface area contributed by atoms with Gasteiger partial charge in [0.15, 0.2) is 0 Å². The first-order chi connectivity index (χ1) is 22.8. The van der Waals surface area contributed by atoms with Gasteiger partial charge in [0.25, 0.3) is 0 Å². The minimum atomic E-state index is -2.71. The van der Waals surface area contributed by atoms with Crippen LogP contribution in [0.25, 0.3) is 11.6 Å². The fourth-order valence-corrected chi connectivity index (χ4v) is 22.6. The Morgan fingerprint density at radius 2 is 1.38 bits per heavy atom. The second-order valence-electron chi connectivity index (χ2n) is 16.7. The Balaban J connectivity index is 0.00000281. The maximum atomic E-state index is 2.75. The average molecular weight is 817 g/mol. The van der Waals surface area contributed by atoms with Crippen LogP contribution in [0.2, 0.25) is 39.3 Å². The van der Waals surface area contributed by atoms with Crippen LogP contribution in [0.3, 0.4) is 0 Å². The quantitative estimate of drug-likeness (QED) is 0.169. The summed E-state index contributed by atoms with van der Waals surface area (Å²) in [6.07, 6.45) is 19.8. The van der Waals surface area contributed by atoms with Gasteiger partial charge in [-0.2, -0.15) is 0 Å². The Morgan fingerprint density at radius 3 is 1.88 bits per heavy atom. The van der Waals surface area contributed by atoms with Crippen molar-refractivity contribution in [3.63, 3.8) is 0 Å². The molecule has 0 saturated heterocycles. The van der Waals surface area contributed by atoms with Crippen LogP contribution in [0.4, 0.5) is 0 Å². The molecule has 3 aliphatic rings. The molecule has 3 aromatic rings. The first-order valence-corrected chi connectivity index (χ1v) is 29.0. The zero-order chi connectivity index (χ0) is 34.3. The summed E-state index contributed by atoms with van der Waals surface area (Å²) < 4.78 is 5.48. The molecular formula is C45H58Cl2Si2Zr. The number of allylic oxidation sites excluding steroid dienone is 8. The second-order valence-corrected chi connectivity index (χ2v) is 33.2. The van der Waals surface area contributed by atoms with Crippen molar-refractivity contribution in [1.82, 2.24) is 0 Å². The van der Waals surface area contributed by atoms with Crippen LogP contribution >= 0.6 is 24.8 Å². The van der Waals surface area contributed by atoms with Gasteiger partial charge in [-0.25, -0.2) is 0 Å². The van der Waals surface area contributed by atoms with E-state index in [1.165, 1.54) is 46.4 Å². The van der Waals surface area contributed by atoms with Gasteiger partial charge in [-0.15, -0.1) is 24.8 Å². The van der Waals surface area contributed by atoms with E-state index in [0.29, 0.717) is 0 Å². The van der Waals surface area contributed by atoms with Gasteiger partial charge in [0, 0.05) is 0 Å². The molecule has 6 rings (SSSR count). The molecule has 0 radical (unpaired) electrons. The summed E-state index contributed by atoms with van der Waals surface area (Å²) in [5.41, 5.74) is 7.65. The Hall–Kier alpha value is -1.87. The molecule has 0 saturated carbocycles. The standard InChI is InChI=1S/C25H37Si2.C15H14.C5H5.2ClH.Zr/c1-10-11-12-25(3)17-20-14-19-13-18(2)23(26(4,5)6)15-21(19)22(20)16-24(25)27(7,8)9;1-3-8-14(9-4-1)12-7-13-15-10-5-2-6-11-15;1-2-4-5-3-1;;;/h13-16H,10-12H2,1-9H3;1-6,8-11H,12-13H2;1-3H,4H2;2*1H;. The minimum Gasteiger partial charge on any atom is -0.147 e. The molecule has 3 aliphatic carbocycles. The monoisotopic (exact) mass is 814 g/mol. The topological polar surface area (TPSA) is 0 Å². The van der Waals surface area contributed by atoms with E-state index in [1.807, 2.05) is 6.49 Å². The van der Waals surface area contributed by atoms with Gasteiger partial charge in [-0.05, 0) is 0 Å². The fourth-order valence-electron chi connectivity index (χ4n) is 8.73. The van der Waals surface area contributed by atoms with E-state index < -0.39 is 37.4 Å². The van der Waals surface area contributed by atoms with Crippen LogP contribution < -0.4 is 15.6 Å². The molecular weight excluding hydrogens is 759 g/mol. The number of halogens is 2. The molecule has 50 heavy (non-hydrogen) atoms. The van der Waals surface area contributed by atoms with Crippen molar-refractivity contribution >= 4 is 61.0 Å². The summed E-state index contributed by atoms with van der Waals surface area (Å²) in [5, 5.41) is 6.37. The maximum absolute atomic E-state index is 2.75. The Kier molecular flexibility index (Phi) is 13.4. The molecule has 0 aliphatic heterocycles. The molecule has 0 spiro atoms. The number of fused-ring (bicyclic) bond motifs is 2. The smallest absolute Gasteiger partial charge is 0.147 e. The van der Waals surface area contributed by atoms with Gasteiger partial charge < -0.3 is 0 Å². The van der Waals surface area contributed by atoms with E-state index in [2.05, 4.69) is 163 Å². The molecule has 5 heteroatoms. The Labute approximate surface area is 325 Å². The third-order valence-corrected chi connectivity index (χ3v) is 23.7. The van der Waals surface area contributed by atoms with Gasteiger partial charge >= 0.3 is 303 Å². The van der Waals surface area contributed by atoms with E-state index in [-0.39, 0.29) is 30.2 Å². The first-order valence-electron chi connectivity index (χ1n) is 18.3. The molecule has 0 N–H and O–H groups in total. The minimum absolute atomic E-state index is 0. The SMILES string of the molecule is CCCCC1(C)C([Si](C)(C)C)=CC2=c3cc([Si](C)(C)C)c(C)cc3=CC2=[C]1[Zr]([C]1=CC=CC1)=[C](Cc1ccccc1)Cc1ccccc1.Cl.Cl. The van der Waals surface area contributed by atoms with Gasteiger partial charge in [0.1, 0.15) is 0 Å². The predicted octanol–water partition coefficient (Wildman–Crippen LogP) is 10.7. The number of rotatable bonds is 11. The molecule has 3 aromatic carbocycles. The van der Waals surface area contributed by atoms with Gasteiger partial charge in [0.2, 0.25) is 0 Å². The maximum Gasteiger partial charge on any atom is -0.147 e. The molecule has 264 valence electrons. The largest absolute Gasteiger partial charge is 0.147 e. The van der Waals surface area contributed by atoms with Crippen molar-refractivity contribution < 1.29 is 21.3 Å². The average Bonchev–Trinajstić information content (AvgIpc) is 3.68. The van der Waals surface area contributed by atoms with E-state index in [0.717, 1.165) is 19.3 Å². The summed E-state index contributed by atoms with van der Waals surface area (Å²) >= 11 is -2.71. The van der Waals surface area contributed by atoms with Crippen molar-refractivity contribution in [2.24, 2.45) is 5.41 Å². The Morgan fingerprint density at radius 1 is 0.780 bits per heavy atom. The van der Waals surface area contributed by atoms with E-state index in [9.17, 15) is 0 Å². The normalized spacial score (nSPS) is 18.0. The van der Waals surface area contributed by atoms with Gasteiger partial charge in [-0.1, -0.05) is 0 Å². The number of benzene rings is 3. The van der Waals surface area contributed by atoms with E-state index in [4.69, 9.17) is 0 Å². The van der Waals surface area contributed by atoms with E-state index in [1.54, 1.807) is 24.8 Å². The molecule has 0 aromatic heterocycles. The van der Waals surface area contributed by atoms with Crippen LogP contribution in [0.5, 0.6) is 0 Å². The summed E-state index contributed by atoms with van der Waals surface area (Å²) in [6, 6.07) is 27.9. The second kappa shape index (κ2) is 16.4. The molecule has 0 nitrogen and oxygen atoms in total. The van der Waals surface area contributed by atoms with Crippen molar-refractivity contribution in [3.8, 4) is 0 Å². The third kappa shape index (κ3) is 8.34. The number of hydrogen-bond donors (Lipinski definition) is 0. The zero-order valence-corrected chi connectivity index (χ0v) is 38.0. The third-order valence-electron chi connectivity index (χ3n) is 10.8. The number of hydrogen-bond acceptors (Lipinski definition) is 0. The summed E-state index contributed by atoms with van der Waals surface area (Å²) in [4.78, 5) is 0. The Bertz CT molecular complexity index is 1960. The van der Waals surface area contributed by atoms with Crippen molar-refractivity contribution in [3.05, 3.63) is 142 Å². The van der Waals surface area contributed by atoms with Crippen molar-refractivity contribution in [2.75, 3.05) is 0 Å². The predicted molar refractivity (Wildman–Crippen MR) is 229 cm³/mol. The van der Waals surface area contributed by atoms with Gasteiger partial charge in [0.05, 0.1) is 0 Å². The molecule has 1 atom stereocenters. The van der Waals surface area contributed by atoms with E-state index >= 15 is 0 Å². The molecule has 0 fully saturated rings. The van der Waals surface area contributed by atoms with Crippen LogP contribution in [-0.4, -0.2) is 19.4 Å². The summed E-state index contributed by atoms with van der Waals surface area (Å²) in [7, 11) is -3.21. The van der Waals surface area contributed by atoms with Crippen LogP contribution in [0, 0.1) is 12.3 Å². The zero-order valence-electron chi connectivity index (χ0n) is 31.9. The fraction of sp³-hybridized carbons (Fsp3) is 0.356. The molecule has 1 unspecified atom stereocenters.